The summed E-state index contributed by atoms with van der Waals surface area (Å²) in [7, 11) is -2.28. The van der Waals surface area contributed by atoms with Crippen LogP contribution in [0, 0.1) is 0 Å². The van der Waals surface area contributed by atoms with E-state index in [1.807, 2.05) is 91.0 Å². The highest BCUT2D eigenvalue weighted by Crippen LogP contribution is 2.38. The maximum Gasteiger partial charge on any atom is 0.192 e. The summed E-state index contributed by atoms with van der Waals surface area (Å²) >= 11 is 0. The Balaban J connectivity index is 1.97. The van der Waals surface area contributed by atoms with Crippen LogP contribution < -0.4 is 0 Å². The van der Waals surface area contributed by atoms with Gasteiger partial charge in [0.1, 0.15) is 17.8 Å². The van der Waals surface area contributed by atoms with Gasteiger partial charge in [0.2, 0.25) is 0 Å². The third kappa shape index (κ3) is 10.1. The molecule has 3 rings (SSSR count). The molecule has 3 aromatic rings. The molecule has 0 unspecified atom stereocenters. The fourth-order valence-electron chi connectivity index (χ4n) is 4.19. The van der Waals surface area contributed by atoms with Crippen molar-refractivity contribution in [1.29, 1.82) is 0 Å². The Hall–Kier alpha value is -3.01. The van der Waals surface area contributed by atoms with Crippen LogP contribution in [0.15, 0.2) is 96.1 Å². The lowest BCUT2D eigenvalue weighted by atomic mass is 9.92. The third-order valence-corrected chi connectivity index (χ3v) is 12.3. The Morgan fingerprint density at radius 3 is 1.81 bits per heavy atom. The van der Waals surface area contributed by atoms with Gasteiger partial charge < -0.3 is 23.7 Å². The lowest BCUT2D eigenvalue weighted by molar-refractivity contribution is -0.207. The maximum atomic E-state index is 11.7. The van der Waals surface area contributed by atoms with E-state index in [2.05, 4.69) is 43.9 Å². The first-order valence-corrected chi connectivity index (χ1v) is 17.3. The van der Waals surface area contributed by atoms with Gasteiger partial charge in [-0.3, -0.25) is 0 Å². The summed E-state index contributed by atoms with van der Waals surface area (Å²) in [6.45, 7) is 11.5. The number of nitrogens with zero attached hydrogens (tertiary/aromatic N) is 3. The van der Waals surface area contributed by atoms with E-state index in [-0.39, 0.29) is 38.0 Å². The Kier molecular flexibility index (Phi) is 12.8. The second-order valence-electron chi connectivity index (χ2n) is 12.1. The van der Waals surface area contributed by atoms with Gasteiger partial charge in [0, 0.05) is 4.91 Å². The van der Waals surface area contributed by atoms with Gasteiger partial charge in [-0.2, -0.15) is 0 Å². The number of hydrogen-bond donors (Lipinski definition) is 1. The molecule has 9 heteroatoms. The molecule has 0 aliphatic rings. The topological polar surface area (TPSA) is 106 Å². The van der Waals surface area contributed by atoms with Crippen LogP contribution in [0.1, 0.15) is 37.5 Å². The molecule has 1 N–H and O–H groups in total. The molecule has 0 fully saturated rings. The highest BCUT2D eigenvalue weighted by Gasteiger charge is 2.48. The largest absolute Gasteiger partial charge is 0.414 e. The SMILES string of the molecule is CC(C)(C)[Si](C)(C)OC[C@](CN=[N+]=[N-])(OCc1ccccc1)[C@H](OCc1ccccc1)[C@@H](O)COCc1ccccc1. The number of aliphatic hydroxyl groups excluding tert-OH is 1. The molecule has 0 spiro atoms. The first-order chi connectivity index (χ1) is 20.1. The number of ether oxygens (including phenoxy) is 3. The van der Waals surface area contributed by atoms with Crippen LogP contribution in [0.2, 0.25) is 18.1 Å². The van der Waals surface area contributed by atoms with Gasteiger partial charge in [-0.25, -0.2) is 0 Å². The maximum absolute atomic E-state index is 11.7. The van der Waals surface area contributed by atoms with Crippen LogP contribution in [-0.4, -0.2) is 51.0 Å². The minimum absolute atomic E-state index is 0.0127. The minimum Gasteiger partial charge on any atom is -0.414 e. The van der Waals surface area contributed by atoms with E-state index in [0.29, 0.717) is 6.61 Å². The summed E-state index contributed by atoms with van der Waals surface area (Å²) in [5.74, 6) is 0. The van der Waals surface area contributed by atoms with Gasteiger partial charge in [0.05, 0.1) is 39.6 Å². The van der Waals surface area contributed by atoms with E-state index in [1.54, 1.807) is 0 Å². The fourth-order valence-corrected chi connectivity index (χ4v) is 5.23. The van der Waals surface area contributed by atoms with Crippen molar-refractivity contribution in [3.05, 3.63) is 118 Å². The lowest BCUT2D eigenvalue weighted by Crippen LogP contribution is -2.60. The first-order valence-electron chi connectivity index (χ1n) is 14.3. The molecule has 0 saturated heterocycles. The zero-order chi connectivity index (χ0) is 30.5. The van der Waals surface area contributed by atoms with E-state index in [4.69, 9.17) is 18.6 Å². The van der Waals surface area contributed by atoms with E-state index in [0.717, 1.165) is 16.7 Å². The number of hydrogen-bond acceptors (Lipinski definition) is 6. The number of benzene rings is 3. The summed E-state index contributed by atoms with van der Waals surface area (Å²) in [4.78, 5) is 3.06. The summed E-state index contributed by atoms with van der Waals surface area (Å²) < 4.78 is 25.8. The fraction of sp³-hybridized carbons (Fsp3) is 0.455. The Morgan fingerprint density at radius 2 is 1.31 bits per heavy atom. The molecule has 42 heavy (non-hydrogen) atoms. The summed E-state index contributed by atoms with van der Waals surface area (Å²) in [5.41, 5.74) is 11.0. The van der Waals surface area contributed by atoms with Crippen LogP contribution in [0.4, 0.5) is 0 Å². The summed E-state index contributed by atoms with van der Waals surface area (Å²) in [5, 5.41) is 15.6. The third-order valence-electron chi connectivity index (χ3n) is 7.79. The molecule has 226 valence electrons. The normalized spacial score (nSPS) is 14.9. The van der Waals surface area contributed by atoms with Crippen LogP contribution >= 0.6 is 0 Å². The van der Waals surface area contributed by atoms with Crippen molar-refractivity contribution in [2.75, 3.05) is 19.8 Å². The standard InChI is InChI=1S/C33H45N3O5Si/c1-32(2,3)42(4,5)41-26-33(25-35-36-34,40-23-29-19-13-8-14-20-29)31(39-22-28-17-11-7-12-18-28)30(37)24-38-21-27-15-9-6-10-16-27/h6-20,30-31,37H,21-26H2,1-5H3/t30-,31+,33-/m0/s1. The predicted molar refractivity (Wildman–Crippen MR) is 168 cm³/mol. The highest BCUT2D eigenvalue weighted by molar-refractivity contribution is 6.74. The molecule has 0 aromatic heterocycles. The van der Waals surface area contributed by atoms with Crippen molar-refractivity contribution in [3.63, 3.8) is 0 Å². The molecule has 0 aliphatic carbocycles. The summed E-state index contributed by atoms with van der Waals surface area (Å²) in [6, 6.07) is 29.3. The van der Waals surface area contributed by atoms with Gasteiger partial charge in [0.15, 0.2) is 8.32 Å². The van der Waals surface area contributed by atoms with E-state index in [9.17, 15) is 10.6 Å². The van der Waals surface area contributed by atoms with Crippen LogP contribution in [0.3, 0.4) is 0 Å². The van der Waals surface area contributed by atoms with Gasteiger partial charge in [-0.15, -0.1) is 0 Å². The van der Waals surface area contributed by atoms with Crippen molar-refractivity contribution in [2.24, 2.45) is 5.11 Å². The van der Waals surface area contributed by atoms with E-state index >= 15 is 0 Å². The van der Waals surface area contributed by atoms with Gasteiger partial charge in [-0.05, 0) is 40.4 Å². The second kappa shape index (κ2) is 16.0. The zero-order valence-corrected chi connectivity index (χ0v) is 26.5. The molecule has 3 atom stereocenters. The highest BCUT2D eigenvalue weighted by atomic mass is 28.4. The average Bonchev–Trinajstić information content (AvgIpc) is 2.98. The van der Waals surface area contributed by atoms with Gasteiger partial charge >= 0.3 is 0 Å². The molecule has 8 nitrogen and oxygen atoms in total. The molecule has 0 heterocycles. The molecule has 0 bridgehead atoms. The second-order valence-corrected chi connectivity index (χ2v) is 16.9. The summed E-state index contributed by atoms with van der Waals surface area (Å²) in [6.07, 6.45) is -2.04. The monoisotopic (exact) mass is 591 g/mol. The molecule has 0 aliphatic heterocycles. The molecular weight excluding hydrogens is 546 g/mol. The number of azide groups is 1. The molecule has 0 saturated carbocycles. The first kappa shape index (κ1) is 33.5. The Bertz CT molecular complexity index is 1230. The van der Waals surface area contributed by atoms with Crippen molar-refractivity contribution in [2.45, 2.75) is 76.5 Å². The predicted octanol–water partition coefficient (Wildman–Crippen LogP) is 7.44. The van der Waals surface area contributed by atoms with Crippen LogP contribution in [0.25, 0.3) is 10.4 Å². The number of aliphatic hydroxyl groups is 1. The van der Waals surface area contributed by atoms with E-state index in [1.165, 1.54) is 0 Å². The molecule has 3 aromatic carbocycles. The van der Waals surface area contributed by atoms with E-state index < -0.39 is 26.1 Å². The van der Waals surface area contributed by atoms with Gasteiger partial charge in [0.25, 0.3) is 0 Å². The Labute approximate surface area is 251 Å². The molecule has 0 radical (unpaired) electrons. The van der Waals surface area contributed by atoms with Gasteiger partial charge in [-0.1, -0.05) is 117 Å². The zero-order valence-electron chi connectivity index (χ0n) is 25.5. The smallest absolute Gasteiger partial charge is 0.192 e. The van der Waals surface area contributed by atoms with Crippen molar-refractivity contribution in [1.82, 2.24) is 0 Å². The number of rotatable bonds is 17. The Morgan fingerprint density at radius 1 is 0.810 bits per heavy atom. The minimum atomic E-state index is -2.28. The van der Waals surface area contributed by atoms with Crippen molar-refractivity contribution < 1.29 is 23.7 Å². The molecule has 0 amide bonds. The van der Waals surface area contributed by atoms with Crippen molar-refractivity contribution >= 4 is 8.32 Å². The van der Waals surface area contributed by atoms with Crippen molar-refractivity contribution in [3.8, 4) is 0 Å². The van der Waals surface area contributed by atoms with Crippen LogP contribution in [0.5, 0.6) is 0 Å². The lowest BCUT2D eigenvalue weighted by Gasteiger charge is -2.45. The average molecular weight is 592 g/mol. The molecular formula is C33H45N3O5Si. The quantitative estimate of drug-likeness (QED) is 0.0760. The van der Waals surface area contributed by atoms with Crippen LogP contribution in [-0.2, 0) is 38.5 Å².